The highest BCUT2D eigenvalue weighted by Gasteiger charge is 2.21. The summed E-state index contributed by atoms with van der Waals surface area (Å²) in [4.78, 5) is 15.5. The number of rotatable bonds is 4. The lowest BCUT2D eigenvalue weighted by Crippen LogP contribution is -2.08. The Hall–Kier alpha value is -6.39. The molecule has 1 atom stereocenters. The van der Waals surface area contributed by atoms with E-state index in [2.05, 4.69) is 146 Å². The molecule has 1 aliphatic rings. The monoisotopic (exact) mass is 627 g/mol. The molecule has 2 aromatic heterocycles. The van der Waals surface area contributed by atoms with E-state index in [1.54, 1.807) is 0 Å². The normalized spacial score (nSPS) is 14.5. The molecule has 0 spiro atoms. The Morgan fingerprint density at radius 1 is 0.510 bits per heavy atom. The van der Waals surface area contributed by atoms with Gasteiger partial charge in [-0.15, -0.1) is 0 Å². The SMILES string of the molecule is C1=CCC(c2nc(-c3ccc4ccc5ccccc5c4c3)nc(-c3cccc4oc5c(-c6ccc7ccccc7c6)cccc5c34)n2)C=C1. The van der Waals surface area contributed by atoms with Crippen LogP contribution in [0.2, 0.25) is 0 Å². The van der Waals surface area contributed by atoms with Crippen LogP contribution in [0.5, 0.6) is 0 Å². The fourth-order valence-electron chi connectivity index (χ4n) is 7.34. The molecule has 0 saturated heterocycles. The molecule has 0 aliphatic heterocycles. The number of aromatic nitrogens is 3. The molecule has 1 unspecified atom stereocenters. The van der Waals surface area contributed by atoms with Crippen molar-refractivity contribution in [1.82, 2.24) is 15.0 Å². The number of hydrogen-bond acceptors (Lipinski definition) is 4. The standard InChI is InChI=1S/C45H29N3O/c1-2-12-31(13-3-1)43-46-44(34-25-23-30-22-21-29-11-6-7-15-35(29)39(30)27-34)48-45(47-43)38-18-9-19-40-41(38)37-17-8-16-36(42(37)49-40)33-24-20-28-10-4-5-14-32(28)26-33/h1-12,14-27,31H,13H2. The van der Waals surface area contributed by atoms with Crippen LogP contribution >= 0.6 is 0 Å². The predicted molar refractivity (Wildman–Crippen MR) is 202 cm³/mol. The third-order valence-electron chi connectivity index (χ3n) is 9.79. The van der Waals surface area contributed by atoms with Crippen LogP contribution in [0.1, 0.15) is 18.2 Å². The Labute approximate surface area is 282 Å². The van der Waals surface area contributed by atoms with Crippen molar-refractivity contribution in [3.05, 3.63) is 164 Å². The van der Waals surface area contributed by atoms with Gasteiger partial charge in [-0.2, -0.15) is 0 Å². The predicted octanol–water partition coefficient (Wildman–Crippen LogP) is 11.8. The van der Waals surface area contributed by atoms with E-state index in [1.165, 1.54) is 32.3 Å². The summed E-state index contributed by atoms with van der Waals surface area (Å²) in [6.07, 6.45) is 9.36. The van der Waals surface area contributed by atoms with E-state index >= 15 is 0 Å². The maximum Gasteiger partial charge on any atom is 0.164 e. The Balaban J connectivity index is 1.18. The lowest BCUT2D eigenvalue weighted by atomic mass is 9.97. The van der Waals surface area contributed by atoms with Crippen molar-refractivity contribution in [2.75, 3.05) is 0 Å². The summed E-state index contributed by atoms with van der Waals surface area (Å²) in [6.45, 7) is 0. The van der Waals surface area contributed by atoms with Crippen LogP contribution in [0.15, 0.2) is 162 Å². The van der Waals surface area contributed by atoms with Crippen molar-refractivity contribution < 1.29 is 4.42 Å². The second-order valence-electron chi connectivity index (χ2n) is 12.7. The Morgan fingerprint density at radius 3 is 2.12 bits per heavy atom. The third kappa shape index (κ3) is 4.64. The van der Waals surface area contributed by atoms with Gasteiger partial charge in [0.15, 0.2) is 11.6 Å². The van der Waals surface area contributed by atoms with Gasteiger partial charge in [0.05, 0.1) is 0 Å². The number of nitrogens with zero attached hydrogens (tertiary/aromatic N) is 3. The zero-order valence-electron chi connectivity index (χ0n) is 26.5. The minimum Gasteiger partial charge on any atom is -0.455 e. The van der Waals surface area contributed by atoms with E-state index in [0.29, 0.717) is 11.6 Å². The van der Waals surface area contributed by atoms with Gasteiger partial charge in [-0.05, 0) is 62.5 Å². The van der Waals surface area contributed by atoms with E-state index in [1.807, 2.05) is 12.1 Å². The van der Waals surface area contributed by atoms with Gasteiger partial charge >= 0.3 is 0 Å². The largest absolute Gasteiger partial charge is 0.455 e. The molecule has 0 amide bonds. The van der Waals surface area contributed by atoms with Crippen LogP contribution in [-0.4, -0.2) is 15.0 Å². The quantitative estimate of drug-likeness (QED) is 0.182. The fraction of sp³-hybridized carbons (Fsp3) is 0.0444. The molecule has 0 fully saturated rings. The molecule has 7 aromatic carbocycles. The van der Waals surface area contributed by atoms with Crippen LogP contribution in [0.3, 0.4) is 0 Å². The highest BCUT2D eigenvalue weighted by molar-refractivity contribution is 6.15. The van der Waals surface area contributed by atoms with Crippen LogP contribution in [-0.2, 0) is 0 Å². The van der Waals surface area contributed by atoms with Gasteiger partial charge in [0.2, 0.25) is 0 Å². The van der Waals surface area contributed by atoms with Crippen molar-refractivity contribution in [1.29, 1.82) is 0 Å². The van der Waals surface area contributed by atoms with Crippen molar-refractivity contribution in [2.24, 2.45) is 0 Å². The topological polar surface area (TPSA) is 51.8 Å². The molecule has 0 bridgehead atoms. The molecular weight excluding hydrogens is 599 g/mol. The van der Waals surface area contributed by atoms with E-state index in [0.717, 1.165) is 56.4 Å². The molecule has 2 heterocycles. The minimum absolute atomic E-state index is 0.0617. The van der Waals surface area contributed by atoms with Gasteiger partial charge in [-0.1, -0.05) is 140 Å². The third-order valence-corrected chi connectivity index (χ3v) is 9.79. The molecule has 49 heavy (non-hydrogen) atoms. The van der Waals surface area contributed by atoms with E-state index in [-0.39, 0.29) is 5.92 Å². The average molecular weight is 628 g/mol. The molecule has 230 valence electrons. The molecule has 0 radical (unpaired) electrons. The first kappa shape index (κ1) is 27.7. The number of furan rings is 1. The summed E-state index contributed by atoms with van der Waals surface area (Å²) < 4.78 is 6.67. The molecule has 0 N–H and O–H groups in total. The zero-order valence-corrected chi connectivity index (χ0v) is 26.5. The van der Waals surface area contributed by atoms with Crippen LogP contribution in [0, 0.1) is 0 Å². The first-order valence-electron chi connectivity index (χ1n) is 16.7. The number of allylic oxidation sites excluding steroid dienone is 4. The smallest absolute Gasteiger partial charge is 0.164 e. The van der Waals surface area contributed by atoms with E-state index in [4.69, 9.17) is 19.4 Å². The highest BCUT2D eigenvalue weighted by Crippen LogP contribution is 2.41. The lowest BCUT2D eigenvalue weighted by Gasteiger charge is -2.15. The van der Waals surface area contributed by atoms with Gasteiger partial charge in [0, 0.05) is 33.4 Å². The molecule has 4 heteroatoms. The Kier molecular flexibility index (Phi) is 6.28. The molecule has 0 saturated carbocycles. The summed E-state index contributed by atoms with van der Waals surface area (Å²) in [5, 5.41) is 9.27. The van der Waals surface area contributed by atoms with Crippen LogP contribution < -0.4 is 0 Å². The molecule has 9 aromatic rings. The Morgan fingerprint density at radius 2 is 1.22 bits per heavy atom. The zero-order chi connectivity index (χ0) is 32.3. The van der Waals surface area contributed by atoms with Gasteiger partial charge in [0.1, 0.15) is 17.0 Å². The van der Waals surface area contributed by atoms with Crippen molar-refractivity contribution in [3.63, 3.8) is 0 Å². The van der Waals surface area contributed by atoms with Gasteiger partial charge in [-0.3, -0.25) is 0 Å². The number of hydrogen-bond donors (Lipinski definition) is 0. The lowest BCUT2D eigenvalue weighted by molar-refractivity contribution is 0.670. The van der Waals surface area contributed by atoms with Gasteiger partial charge in [0.25, 0.3) is 0 Å². The molecular formula is C45H29N3O. The summed E-state index contributed by atoms with van der Waals surface area (Å²) in [7, 11) is 0. The van der Waals surface area contributed by atoms with Crippen molar-refractivity contribution in [3.8, 4) is 33.9 Å². The molecule has 1 aliphatic carbocycles. The maximum absolute atomic E-state index is 6.67. The first-order chi connectivity index (χ1) is 24.3. The van der Waals surface area contributed by atoms with Gasteiger partial charge < -0.3 is 4.42 Å². The second-order valence-corrected chi connectivity index (χ2v) is 12.7. The first-order valence-corrected chi connectivity index (χ1v) is 16.7. The summed E-state index contributed by atoms with van der Waals surface area (Å²) in [6, 6.07) is 47.0. The Bertz CT molecular complexity index is 2820. The van der Waals surface area contributed by atoms with E-state index < -0.39 is 0 Å². The van der Waals surface area contributed by atoms with Crippen LogP contribution in [0.25, 0.3) is 88.2 Å². The molecule has 4 nitrogen and oxygen atoms in total. The fourth-order valence-corrected chi connectivity index (χ4v) is 7.34. The molecule has 10 rings (SSSR count). The number of benzene rings is 7. The van der Waals surface area contributed by atoms with Crippen molar-refractivity contribution >= 4 is 54.3 Å². The summed E-state index contributed by atoms with van der Waals surface area (Å²) >= 11 is 0. The summed E-state index contributed by atoms with van der Waals surface area (Å²) in [5.41, 5.74) is 5.74. The number of fused-ring (bicyclic) bond motifs is 7. The summed E-state index contributed by atoms with van der Waals surface area (Å²) in [5.74, 6) is 2.14. The van der Waals surface area contributed by atoms with E-state index in [9.17, 15) is 0 Å². The minimum atomic E-state index is 0.0617. The van der Waals surface area contributed by atoms with Crippen molar-refractivity contribution in [2.45, 2.75) is 12.3 Å². The number of para-hydroxylation sites is 1. The highest BCUT2D eigenvalue weighted by atomic mass is 16.3. The average Bonchev–Trinajstić information content (AvgIpc) is 3.57. The maximum atomic E-state index is 6.67. The second kappa shape index (κ2) is 11.1. The van der Waals surface area contributed by atoms with Crippen LogP contribution in [0.4, 0.5) is 0 Å². The van der Waals surface area contributed by atoms with Gasteiger partial charge in [-0.25, -0.2) is 15.0 Å².